The van der Waals surface area contributed by atoms with Gasteiger partial charge in [-0.2, -0.15) is 0 Å². The van der Waals surface area contributed by atoms with E-state index in [9.17, 15) is 9.59 Å². The highest BCUT2D eigenvalue weighted by molar-refractivity contribution is 8.09. The molecule has 0 atom stereocenters. The summed E-state index contributed by atoms with van der Waals surface area (Å²) in [6, 6.07) is 28.6. The van der Waals surface area contributed by atoms with Crippen LogP contribution in [-0.4, -0.2) is 18.1 Å². The van der Waals surface area contributed by atoms with Crippen molar-refractivity contribution in [1.29, 1.82) is 0 Å². The fourth-order valence-electron chi connectivity index (χ4n) is 3.08. The van der Waals surface area contributed by atoms with E-state index in [-0.39, 0.29) is 6.61 Å². The van der Waals surface area contributed by atoms with E-state index in [0.717, 1.165) is 15.9 Å². The summed E-state index contributed by atoms with van der Waals surface area (Å²) in [5.41, 5.74) is -0.483. The van der Waals surface area contributed by atoms with Crippen LogP contribution in [-0.2, 0) is 14.3 Å². The molecule has 0 fully saturated rings. The Labute approximate surface area is 154 Å². The Morgan fingerprint density at radius 3 is 1.35 bits per heavy atom. The topological polar surface area (TPSA) is 43.4 Å². The highest BCUT2D eigenvalue weighted by atomic mass is 31.2. The van der Waals surface area contributed by atoms with Crippen molar-refractivity contribution in [2.24, 2.45) is 0 Å². The number of benzene rings is 3. The summed E-state index contributed by atoms with van der Waals surface area (Å²) >= 11 is 0. The third-order valence-electron chi connectivity index (χ3n) is 4.19. The van der Waals surface area contributed by atoms with Crippen LogP contribution in [0.5, 0.6) is 0 Å². The summed E-state index contributed by atoms with van der Waals surface area (Å²) in [5.74, 6) is -0.780. The van der Waals surface area contributed by atoms with Gasteiger partial charge >= 0.3 is 11.5 Å². The van der Waals surface area contributed by atoms with Gasteiger partial charge in [0.1, 0.15) is 15.9 Å². The summed E-state index contributed by atoms with van der Waals surface area (Å²) in [6.45, 7) is 1.88. The SMILES string of the molecule is CCOC(=O)C(=O)[P+](c1ccccc1)(c1ccccc1)c1ccccc1. The molecule has 0 spiro atoms. The van der Waals surface area contributed by atoms with Crippen molar-refractivity contribution >= 4 is 34.7 Å². The van der Waals surface area contributed by atoms with E-state index in [2.05, 4.69) is 0 Å². The second-order valence-electron chi connectivity index (χ2n) is 5.70. The lowest BCUT2D eigenvalue weighted by Gasteiger charge is -2.24. The maximum Gasteiger partial charge on any atom is 0.417 e. The van der Waals surface area contributed by atoms with Gasteiger partial charge in [0.25, 0.3) is 0 Å². The van der Waals surface area contributed by atoms with Crippen LogP contribution in [0.3, 0.4) is 0 Å². The van der Waals surface area contributed by atoms with Gasteiger partial charge in [-0.1, -0.05) is 54.6 Å². The van der Waals surface area contributed by atoms with Crippen LogP contribution in [0.15, 0.2) is 91.0 Å². The van der Waals surface area contributed by atoms with Gasteiger partial charge in [0.2, 0.25) is 0 Å². The Kier molecular flexibility index (Phi) is 5.60. The Hall–Kier alpha value is -2.77. The van der Waals surface area contributed by atoms with Gasteiger partial charge in [-0.05, 0) is 43.3 Å². The van der Waals surface area contributed by atoms with Gasteiger partial charge in [0, 0.05) is 0 Å². The molecule has 0 heterocycles. The molecule has 0 bridgehead atoms. The maximum absolute atomic E-state index is 13.5. The smallest absolute Gasteiger partial charge is 0.417 e. The first-order chi connectivity index (χ1) is 12.7. The van der Waals surface area contributed by atoms with Crippen molar-refractivity contribution in [2.75, 3.05) is 6.61 Å². The van der Waals surface area contributed by atoms with Crippen LogP contribution in [0.2, 0.25) is 0 Å². The molecule has 0 N–H and O–H groups in total. The fraction of sp³-hybridized carbons (Fsp3) is 0.0909. The molecule has 130 valence electrons. The molecule has 26 heavy (non-hydrogen) atoms. The third kappa shape index (κ3) is 3.18. The molecule has 3 aromatic rings. The fourth-order valence-corrected chi connectivity index (χ4v) is 6.88. The number of rotatable bonds is 6. The van der Waals surface area contributed by atoms with E-state index in [1.165, 1.54) is 0 Å². The van der Waals surface area contributed by atoms with E-state index in [0.29, 0.717) is 0 Å². The number of carbonyl (C=O) groups excluding carboxylic acids is 2. The Bertz CT molecular complexity index is 780. The minimum Gasteiger partial charge on any atom is -0.457 e. The summed E-state index contributed by atoms with van der Waals surface area (Å²) in [6.07, 6.45) is 0. The normalized spacial score (nSPS) is 11.0. The molecule has 3 aromatic carbocycles. The Morgan fingerprint density at radius 2 is 1.04 bits per heavy atom. The molecule has 0 radical (unpaired) electrons. The van der Waals surface area contributed by atoms with Crippen LogP contribution in [0.4, 0.5) is 0 Å². The zero-order chi connectivity index (χ0) is 18.4. The average molecular weight is 363 g/mol. The molecule has 0 aliphatic rings. The summed E-state index contributed by atoms with van der Waals surface area (Å²) in [7, 11) is -2.84. The molecule has 3 nitrogen and oxygen atoms in total. The lowest BCUT2D eigenvalue weighted by atomic mass is 10.4. The number of hydrogen-bond donors (Lipinski definition) is 0. The number of hydrogen-bond acceptors (Lipinski definition) is 3. The standard InChI is InChI=1S/C22H20O3P/c1-2-25-21(23)22(24)26(18-12-6-3-7-13-18,19-14-8-4-9-15-19)20-16-10-5-11-17-20/h3-17H,2H2,1H3/q+1. The van der Waals surface area contributed by atoms with Gasteiger partial charge in [-0.15, -0.1) is 0 Å². The summed E-state index contributed by atoms with van der Waals surface area (Å²) < 4.78 is 5.11. The zero-order valence-corrected chi connectivity index (χ0v) is 15.4. The average Bonchev–Trinajstić information content (AvgIpc) is 2.71. The lowest BCUT2D eigenvalue weighted by molar-refractivity contribution is -0.149. The molecule has 4 heteroatoms. The molecular weight excluding hydrogens is 343 g/mol. The Balaban J connectivity index is 2.36. The van der Waals surface area contributed by atoms with Gasteiger partial charge in [-0.25, -0.2) is 9.59 Å². The third-order valence-corrected chi connectivity index (χ3v) is 8.20. The van der Waals surface area contributed by atoms with Gasteiger partial charge in [0.05, 0.1) is 6.61 Å². The predicted molar refractivity (Wildman–Crippen MR) is 107 cm³/mol. The van der Waals surface area contributed by atoms with Crippen molar-refractivity contribution in [2.45, 2.75) is 6.92 Å². The molecule has 0 unspecified atom stereocenters. The molecule has 0 aromatic heterocycles. The molecule has 0 aliphatic carbocycles. The van der Waals surface area contributed by atoms with Crippen molar-refractivity contribution in [3.8, 4) is 0 Å². The lowest BCUT2D eigenvalue weighted by Crippen LogP contribution is -2.40. The number of carbonyl (C=O) groups is 2. The first kappa shape index (κ1) is 18.0. The summed E-state index contributed by atoms with van der Waals surface area (Å²) in [4.78, 5) is 26.1. The molecule has 0 amide bonds. The van der Waals surface area contributed by atoms with E-state index in [1.807, 2.05) is 91.0 Å². The monoisotopic (exact) mass is 363 g/mol. The molecule has 3 rings (SSSR count). The highest BCUT2D eigenvalue weighted by Crippen LogP contribution is 2.56. The van der Waals surface area contributed by atoms with E-state index in [4.69, 9.17) is 4.74 Å². The van der Waals surface area contributed by atoms with Crippen molar-refractivity contribution in [3.63, 3.8) is 0 Å². The first-order valence-corrected chi connectivity index (χ1v) is 10.3. The first-order valence-electron chi connectivity index (χ1n) is 8.48. The van der Waals surface area contributed by atoms with Crippen molar-refractivity contribution in [3.05, 3.63) is 91.0 Å². The van der Waals surface area contributed by atoms with Gasteiger partial charge < -0.3 is 4.74 Å². The van der Waals surface area contributed by atoms with Crippen molar-refractivity contribution in [1.82, 2.24) is 0 Å². The minimum atomic E-state index is -2.84. The van der Waals surface area contributed by atoms with Crippen LogP contribution in [0.1, 0.15) is 6.92 Å². The number of ether oxygens (including phenoxy) is 1. The van der Waals surface area contributed by atoms with Crippen molar-refractivity contribution < 1.29 is 14.3 Å². The molecule has 0 saturated heterocycles. The maximum atomic E-state index is 13.5. The van der Waals surface area contributed by atoms with Crippen LogP contribution < -0.4 is 15.9 Å². The Morgan fingerprint density at radius 1 is 0.692 bits per heavy atom. The van der Waals surface area contributed by atoms with Crippen LogP contribution in [0.25, 0.3) is 0 Å². The predicted octanol–water partition coefficient (Wildman–Crippen LogP) is 3.07. The highest BCUT2D eigenvalue weighted by Gasteiger charge is 2.57. The molecular formula is C22H20O3P+. The zero-order valence-electron chi connectivity index (χ0n) is 14.5. The number of esters is 1. The summed E-state index contributed by atoms with van der Waals surface area (Å²) in [5, 5.41) is 2.53. The minimum absolute atomic E-state index is 0.170. The van der Waals surface area contributed by atoms with Gasteiger partial charge in [0.15, 0.2) is 7.26 Å². The van der Waals surface area contributed by atoms with E-state index >= 15 is 0 Å². The van der Waals surface area contributed by atoms with E-state index < -0.39 is 18.8 Å². The largest absolute Gasteiger partial charge is 0.457 e. The quantitative estimate of drug-likeness (QED) is 0.384. The van der Waals surface area contributed by atoms with Crippen LogP contribution in [0, 0.1) is 0 Å². The van der Waals surface area contributed by atoms with E-state index in [1.54, 1.807) is 6.92 Å². The van der Waals surface area contributed by atoms with Gasteiger partial charge in [-0.3, -0.25) is 0 Å². The second kappa shape index (κ2) is 8.07. The second-order valence-corrected chi connectivity index (χ2v) is 9.00. The molecule has 0 aliphatic heterocycles. The van der Waals surface area contributed by atoms with Crippen LogP contribution >= 0.6 is 7.26 Å². The molecule has 0 saturated carbocycles.